The summed E-state index contributed by atoms with van der Waals surface area (Å²) >= 11 is 12.7. The van der Waals surface area contributed by atoms with Crippen LogP contribution in [0.25, 0.3) is 0 Å². The number of halogens is 2. The molecule has 7 nitrogen and oxygen atoms in total. The third-order valence-electron chi connectivity index (χ3n) is 5.75. The van der Waals surface area contributed by atoms with Gasteiger partial charge in [0.25, 0.3) is 0 Å². The molecule has 1 unspecified atom stereocenters. The van der Waals surface area contributed by atoms with E-state index in [0.29, 0.717) is 15.9 Å². The van der Waals surface area contributed by atoms with E-state index in [9.17, 15) is 10.1 Å². The summed E-state index contributed by atoms with van der Waals surface area (Å²) in [5.74, 6) is 6.92. The van der Waals surface area contributed by atoms with Crippen molar-refractivity contribution in [1.82, 2.24) is 14.5 Å². The monoisotopic (exact) mass is 483 g/mol. The van der Waals surface area contributed by atoms with Crippen molar-refractivity contribution >= 4 is 34.7 Å². The third kappa shape index (κ3) is 5.31. The molecule has 170 valence electrons. The number of nitrogens with zero attached hydrogens (tertiary/aromatic N) is 5. The fourth-order valence-electron chi connectivity index (χ4n) is 3.98. The standard InChI is InChI=1S/C24H23Cl2N5O2/c1-18-27-17-24(31(32)33)30(18)11-5-8-23(21-10-9-19(25)16-22(21)26)29-14-12-28(13-15-29)20-6-3-2-4-7-20/h2-4,6-7,9-10,16-17,23H,11-15H2,1H3. The van der Waals surface area contributed by atoms with E-state index in [1.165, 1.54) is 16.5 Å². The molecule has 4 rings (SSSR count). The van der Waals surface area contributed by atoms with Gasteiger partial charge in [0, 0.05) is 54.4 Å². The Kier molecular flexibility index (Phi) is 7.19. The predicted octanol–water partition coefficient (Wildman–Crippen LogP) is 4.97. The number of benzene rings is 2. The smallest absolute Gasteiger partial charge is 0.343 e. The molecule has 0 aliphatic carbocycles. The second-order valence-corrected chi connectivity index (χ2v) is 8.60. The number of hydrogen-bond acceptors (Lipinski definition) is 5. The quantitative estimate of drug-likeness (QED) is 0.291. The van der Waals surface area contributed by atoms with Crippen LogP contribution >= 0.6 is 23.2 Å². The molecule has 1 atom stereocenters. The zero-order chi connectivity index (χ0) is 23.4. The maximum atomic E-state index is 11.3. The topological polar surface area (TPSA) is 67.4 Å². The summed E-state index contributed by atoms with van der Waals surface area (Å²) in [6.07, 6.45) is 1.26. The summed E-state index contributed by atoms with van der Waals surface area (Å²) in [6, 6.07) is 15.5. The van der Waals surface area contributed by atoms with Gasteiger partial charge < -0.3 is 15.0 Å². The molecule has 0 amide bonds. The largest absolute Gasteiger partial charge is 0.369 e. The van der Waals surface area contributed by atoms with E-state index in [2.05, 4.69) is 38.8 Å². The fourth-order valence-corrected chi connectivity index (χ4v) is 4.50. The Balaban J connectivity index is 1.57. The molecule has 1 aliphatic heterocycles. The molecule has 1 aliphatic rings. The molecule has 0 saturated carbocycles. The lowest BCUT2D eigenvalue weighted by Gasteiger charge is -2.39. The lowest BCUT2D eigenvalue weighted by atomic mass is 10.0. The van der Waals surface area contributed by atoms with Crippen LogP contribution in [0.1, 0.15) is 17.4 Å². The van der Waals surface area contributed by atoms with Crippen molar-refractivity contribution in [3.63, 3.8) is 0 Å². The molecule has 0 bridgehead atoms. The Hall–Kier alpha value is -3.05. The average molecular weight is 484 g/mol. The lowest BCUT2D eigenvalue weighted by molar-refractivity contribution is -0.392. The average Bonchev–Trinajstić information content (AvgIpc) is 3.19. The zero-order valence-electron chi connectivity index (χ0n) is 18.1. The van der Waals surface area contributed by atoms with E-state index in [0.717, 1.165) is 31.7 Å². The van der Waals surface area contributed by atoms with Crippen LogP contribution in [0.2, 0.25) is 10.0 Å². The molecule has 9 heteroatoms. The van der Waals surface area contributed by atoms with E-state index in [1.54, 1.807) is 13.0 Å². The molecule has 0 N–H and O–H groups in total. The van der Waals surface area contributed by atoms with Crippen molar-refractivity contribution in [3.05, 3.63) is 86.3 Å². The first-order valence-corrected chi connectivity index (χ1v) is 11.3. The third-order valence-corrected chi connectivity index (χ3v) is 6.32. The van der Waals surface area contributed by atoms with Gasteiger partial charge in [0.15, 0.2) is 12.4 Å². The van der Waals surface area contributed by atoms with Crippen LogP contribution in [-0.2, 0) is 6.54 Å². The zero-order valence-corrected chi connectivity index (χ0v) is 19.6. The minimum absolute atomic E-state index is 0.0700. The number of aryl methyl sites for hydroxylation is 1. The van der Waals surface area contributed by atoms with E-state index in [1.807, 2.05) is 30.3 Å². The van der Waals surface area contributed by atoms with Gasteiger partial charge in [0.1, 0.15) is 6.20 Å². The summed E-state index contributed by atoms with van der Waals surface area (Å²) in [5.41, 5.74) is 2.07. The summed E-state index contributed by atoms with van der Waals surface area (Å²) in [7, 11) is 0. The van der Waals surface area contributed by atoms with Crippen LogP contribution < -0.4 is 4.90 Å². The summed E-state index contributed by atoms with van der Waals surface area (Å²) in [6.45, 7) is 5.23. The van der Waals surface area contributed by atoms with Crippen molar-refractivity contribution in [3.8, 4) is 11.8 Å². The first-order chi connectivity index (χ1) is 15.9. The molecule has 1 aromatic heterocycles. The first kappa shape index (κ1) is 23.1. The van der Waals surface area contributed by atoms with Crippen molar-refractivity contribution in [2.24, 2.45) is 0 Å². The summed E-state index contributed by atoms with van der Waals surface area (Å²) < 4.78 is 1.50. The normalized spacial score (nSPS) is 15.1. The van der Waals surface area contributed by atoms with Gasteiger partial charge in [-0.25, -0.2) is 4.98 Å². The predicted molar refractivity (Wildman–Crippen MR) is 131 cm³/mol. The van der Waals surface area contributed by atoms with Crippen LogP contribution in [0, 0.1) is 28.9 Å². The molecule has 1 saturated heterocycles. The minimum Gasteiger partial charge on any atom is -0.369 e. The van der Waals surface area contributed by atoms with E-state index in [-0.39, 0.29) is 18.4 Å². The van der Waals surface area contributed by atoms with Crippen molar-refractivity contribution in [1.29, 1.82) is 0 Å². The highest BCUT2D eigenvalue weighted by Crippen LogP contribution is 2.31. The Morgan fingerprint density at radius 1 is 1.12 bits per heavy atom. The van der Waals surface area contributed by atoms with Gasteiger partial charge in [-0.3, -0.25) is 4.90 Å². The highest BCUT2D eigenvalue weighted by molar-refractivity contribution is 6.35. The number of hydrogen-bond donors (Lipinski definition) is 0. The van der Waals surface area contributed by atoms with E-state index < -0.39 is 4.92 Å². The Bertz CT molecular complexity index is 1190. The fraction of sp³-hybridized carbons (Fsp3) is 0.292. The Morgan fingerprint density at radius 2 is 1.85 bits per heavy atom. The van der Waals surface area contributed by atoms with Crippen LogP contribution in [0.15, 0.2) is 54.7 Å². The van der Waals surface area contributed by atoms with Crippen molar-refractivity contribution in [2.45, 2.75) is 19.5 Å². The van der Waals surface area contributed by atoms with Crippen LogP contribution in [0.5, 0.6) is 0 Å². The maximum absolute atomic E-state index is 11.3. The van der Waals surface area contributed by atoms with Gasteiger partial charge in [-0.15, -0.1) is 0 Å². The van der Waals surface area contributed by atoms with Gasteiger partial charge in [0.05, 0.1) is 6.04 Å². The molecule has 3 aromatic rings. The Morgan fingerprint density at radius 3 is 2.52 bits per heavy atom. The molecule has 1 fully saturated rings. The van der Waals surface area contributed by atoms with Crippen LogP contribution in [0.4, 0.5) is 11.5 Å². The van der Waals surface area contributed by atoms with Gasteiger partial charge in [-0.05, 0) is 29.2 Å². The lowest BCUT2D eigenvalue weighted by Crippen LogP contribution is -2.47. The highest BCUT2D eigenvalue weighted by Gasteiger charge is 2.26. The number of aromatic nitrogens is 2. The van der Waals surface area contributed by atoms with Crippen molar-refractivity contribution in [2.75, 3.05) is 31.1 Å². The van der Waals surface area contributed by atoms with Crippen LogP contribution in [0.3, 0.4) is 0 Å². The number of anilines is 1. The molecule has 33 heavy (non-hydrogen) atoms. The molecule has 0 spiro atoms. The van der Waals surface area contributed by atoms with Gasteiger partial charge in [0.2, 0.25) is 0 Å². The number of imidazole rings is 1. The summed E-state index contributed by atoms with van der Waals surface area (Å²) in [4.78, 5) is 19.5. The van der Waals surface area contributed by atoms with Gasteiger partial charge in [-0.2, -0.15) is 4.57 Å². The molecular formula is C24H23Cl2N5O2. The molecule has 2 aromatic carbocycles. The number of rotatable bonds is 5. The minimum atomic E-state index is -0.446. The SMILES string of the molecule is Cc1ncc([N+](=O)[O-])n1CC#CC(c1ccc(Cl)cc1Cl)N1CCN(c2ccccc2)CC1. The van der Waals surface area contributed by atoms with Gasteiger partial charge in [-0.1, -0.05) is 59.3 Å². The summed E-state index contributed by atoms with van der Waals surface area (Å²) in [5, 5.41) is 12.4. The maximum Gasteiger partial charge on any atom is 0.343 e. The first-order valence-electron chi connectivity index (χ1n) is 10.6. The number of piperazine rings is 1. The molecule has 2 heterocycles. The second kappa shape index (κ2) is 10.3. The number of nitro groups is 1. The molecule has 0 radical (unpaired) electrons. The van der Waals surface area contributed by atoms with Gasteiger partial charge >= 0.3 is 5.82 Å². The van der Waals surface area contributed by atoms with E-state index in [4.69, 9.17) is 23.2 Å². The number of para-hydroxylation sites is 1. The van der Waals surface area contributed by atoms with Crippen molar-refractivity contribution < 1.29 is 4.92 Å². The molecular weight excluding hydrogens is 461 g/mol. The Labute approximate surface area is 202 Å². The van der Waals surface area contributed by atoms with E-state index >= 15 is 0 Å². The second-order valence-electron chi connectivity index (χ2n) is 7.75. The van der Waals surface area contributed by atoms with Crippen LogP contribution in [-0.4, -0.2) is 45.6 Å². The highest BCUT2D eigenvalue weighted by atomic mass is 35.5.